The van der Waals surface area contributed by atoms with Gasteiger partial charge in [-0.1, -0.05) is 60.7 Å². The first-order chi connectivity index (χ1) is 21.7. The Hall–Kier alpha value is -5.04. The number of hydrogen-bond acceptors (Lipinski definition) is 5. The second kappa shape index (κ2) is 9.99. The molecule has 0 N–H and O–H groups in total. The number of nitrogens with zero attached hydrogens (tertiary/aromatic N) is 2. The van der Waals surface area contributed by atoms with Gasteiger partial charge in [0.25, 0.3) is 0 Å². The Labute approximate surface area is 261 Å². The smallest absolute Gasteiger partial charge is 0.316 e. The molecule has 9 rings (SSSR count). The van der Waals surface area contributed by atoms with Gasteiger partial charge in [0.2, 0.25) is 17.7 Å². The summed E-state index contributed by atoms with van der Waals surface area (Å²) in [5, 5.41) is 0. The van der Waals surface area contributed by atoms with E-state index < -0.39 is 23.7 Å². The molecular formula is C38H32N2O5. The lowest BCUT2D eigenvalue weighted by Crippen LogP contribution is -2.41. The van der Waals surface area contributed by atoms with Gasteiger partial charge in [-0.15, -0.1) is 0 Å². The molecule has 224 valence electrons. The molecule has 2 saturated heterocycles. The summed E-state index contributed by atoms with van der Waals surface area (Å²) in [6.45, 7) is 5.99. The first-order valence-corrected chi connectivity index (χ1v) is 15.5. The van der Waals surface area contributed by atoms with E-state index in [2.05, 4.69) is 24.3 Å². The fraction of sp³-hybridized carbons (Fsp3) is 0.263. The van der Waals surface area contributed by atoms with Crippen LogP contribution in [-0.2, 0) is 19.2 Å². The van der Waals surface area contributed by atoms with Gasteiger partial charge in [0.1, 0.15) is 5.75 Å². The van der Waals surface area contributed by atoms with E-state index in [1.807, 2.05) is 63.2 Å². The second-order valence-corrected chi connectivity index (χ2v) is 12.8. The maximum atomic E-state index is 14.2. The fourth-order valence-electron chi connectivity index (χ4n) is 8.17. The van der Waals surface area contributed by atoms with Crippen LogP contribution in [0.4, 0.5) is 11.4 Å². The number of aryl methyl sites for hydroxylation is 3. The van der Waals surface area contributed by atoms with Crippen molar-refractivity contribution in [1.82, 2.24) is 0 Å². The summed E-state index contributed by atoms with van der Waals surface area (Å²) in [5.41, 5.74) is 8.51. The Kier molecular flexibility index (Phi) is 6.11. The monoisotopic (exact) mass is 596 g/mol. The summed E-state index contributed by atoms with van der Waals surface area (Å²) in [6, 6.07) is 27.3. The number of hydrogen-bond donors (Lipinski definition) is 0. The van der Waals surface area contributed by atoms with Crippen molar-refractivity contribution in [3.05, 3.63) is 124 Å². The summed E-state index contributed by atoms with van der Waals surface area (Å²) in [6.07, 6.45) is 0.0793. The number of carbonyl (C=O) groups is 4. The molecule has 2 heterocycles. The number of anilines is 2. The third-order valence-corrected chi connectivity index (χ3v) is 10.2. The highest BCUT2D eigenvalue weighted by atomic mass is 16.5. The van der Waals surface area contributed by atoms with Crippen molar-refractivity contribution in [3.8, 4) is 5.75 Å². The van der Waals surface area contributed by atoms with Gasteiger partial charge in [-0.05, 0) is 84.0 Å². The summed E-state index contributed by atoms with van der Waals surface area (Å²) < 4.78 is 5.75. The fourth-order valence-corrected chi connectivity index (χ4v) is 8.17. The molecule has 2 fully saturated rings. The molecular weight excluding hydrogens is 564 g/mol. The number of amides is 3. The van der Waals surface area contributed by atoms with E-state index >= 15 is 0 Å². The molecule has 7 nitrogen and oxygen atoms in total. The van der Waals surface area contributed by atoms with E-state index in [1.54, 1.807) is 23.1 Å². The molecule has 4 aromatic carbocycles. The third-order valence-electron chi connectivity index (χ3n) is 10.2. The molecule has 4 aromatic rings. The van der Waals surface area contributed by atoms with E-state index in [1.165, 1.54) is 4.90 Å². The van der Waals surface area contributed by atoms with E-state index in [0.717, 1.165) is 39.1 Å². The Bertz CT molecular complexity index is 1850. The van der Waals surface area contributed by atoms with Gasteiger partial charge in [-0.25, -0.2) is 4.90 Å². The van der Waals surface area contributed by atoms with Gasteiger partial charge in [-0.2, -0.15) is 0 Å². The van der Waals surface area contributed by atoms with E-state index in [9.17, 15) is 19.2 Å². The molecule has 0 radical (unpaired) electrons. The van der Waals surface area contributed by atoms with Crippen molar-refractivity contribution < 1.29 is 23.9 Å². The molecule has 2 bridgehead atoms. The van der Waals surface area contributed by atoms with Gasteiger partial charge in [-0.3, -0.25) is 19.2 Å². The van der Waals surface area contributed by atoms with Gasteiger partial charge in [0.15, 0.2) is 0 Å². The predicted molar refractivity (Wildman–Crippen MR) is 169 cm³/mol. The van der Waals surface area contributed by atoms with Crippen LogP contribution in [-0.4, -0.2) is 30.2 Å². The van der Waals surface area contributed by atoms with Crippen LogP contribution in [0.2, 0.25) is 0 Å². The van der Waals surface area contributed by atoms with Crippen molar-refractivity contribution in [3.63, 3.8) is 0 Å². The molecule has 2 aliphatic heterocycles. The summed E-state index contributed by atoms with van der Waals surface area (Å²) in [5.74, 6) is -2.53. The number of carbonyl (C=O) groups excluding carboxylic acids is 4. The Morgan fingerprint density at radius 2 is 1.27 bits per heavy atom. The van der Waals surface area contributed by atoms with Crippen LogP contribution in [0.25, 0.3) is 0 Å². The van der Waals surface area contributed by atoms with Crippen LogP contribution < -0.4 is 14.5 Å². The third kappa shape index (κ3) is 4.03. The highest BCUT2D eigenvalue weighted by Gasteiger charge is 2.61. The zero-order valence-corrected chi connectivity index (χ0v) is 25.3. The highest BCUT2D eigenvalue weighted by Crippen LogP contribution is 2.61. The second-order valence-electron chi connectivity index (χ2n) is 12.8. The SMILES string of the molecule is Cc1ccc(C)c(N2C[C@H](C(=O)Oc3ccc(N4C(=O)[C@@H]5C6c7ccccc7C(c7ccccc76)[C@@H]5C4=O)c(C)c3)CC2=O)c1. The lowest BCUT2D eigenvalue weighted by molar-refractivity contribution is -0.139. The normalized spacial score (nSPS) is 24.5. The number of benzene rings is 4. The highest BCUT2D eigenvalue weighted by molar-refractivity contribution is 6.23. The van der Waals surface area contributed by atoms with Gasteiger partial charge in [0, 0.05) is 30.5 Å². The van der Waals surface area contributed by atoms with Crippen LogP contribution in [0, 0.1) is 38.5 Å². The Balaban J connectivity index is 1.04. The number of esters is 1. The van der Waals surface area contributed by atoms with Crippen molar-refractivity contribution in [2.45, 2.75) is 39.0 Å². The molecule has 3 aliphatic carbocycles. The lowest BCUT2D eigenvalue weighted by atomic mass is 9.55. The van der Waals surface area contributed by atoms with Crippen molar-refractivity contribution in [1.29, 1.82) is 0 Å². The van der Waals surface area contributed by atoms with Crippen LogP contribution in [0.1, 0.15) is 57.2 Å². The largest absolute Gasteiger partial charge is 0.426 e. The first-order valence-electron chi connectivity index (χ1n) is 15.5. The van der Waals surface area contributed by atoms with Gasteiger partial charge in [0.05, 0.1) is 23.4 Å². The zero-order chi connectivity index (χ0) is 31.1. The summed E-state index contributed by atoms with van der Waals surface area (Å²) in [4.78, 5) is 57.4. The van der Waals surface area contributed by atoms with Crippen molar-refractivity contribution in [2.75, 3.05) is 16.3 Å². The molecule has 0 aromatic heterocycles. The van der Waals surface area contributed by atoms with Crippen LogP contribution in [0.15, 0.2) is 84.9 Å². The summed E-state index contributed by atoms with van der Waals surface area (Å²) in [7, 11) is 0. The number of imide groups is 1. The van der Waals surface area contributed by atoms with E-state index in [4.69, 9.17) is 4.74 Å². The van der Waals surface area contributed by atoms with Crippen molar-refractivity contribution in [2.24, 2.45) is 17.8 Å². The molecule has 0 unspecified atom stereocenters. The molecule has 3 atom stereocenters. The van der Waals surface area contributed by atoms with Gasteiger partial charge >= 0.3 is 5.97 Å². The molecule has 0 saturated carbocycles. The van der Waals surface area contributed by atoms with Crippen LogP contribution in [0.3, 0.4) is 0 Å². The van der Waals surface area contributed by atoms with Gasteiger partial charge < -0.3 is 9.64 Å². The molecule has 7 heteroatoms. The van der Waals surface area contributed by atoms with E-state index in [0.29, 0.717) is 17.0 Å². The number of rotatable bonds is 4. The molecule has 3 amide bonds. The zero-order valence-electron chi connectivity index (χ0n) is 25.3. The average molecular weight is 597 g/mol. The predicted octanol–water partition coefficient (Wildman–Crippen LogP) is 5.97. The average Bonchev–Trinajstić information content (AvgIpc) is 3.55. The van der Waals surface area contributed by atoms with E-state index in [-0.39, 0.29) is 42.5 Å². The topological polar surface area (TPSA) is 84.0 Å². The minimum Gasteiger partial charge on any atom is -0.426 e. The maximum absolute atomic E-state index is 14.2. The Morgan fingerprint density at radius 1 is 0.689 bits per heavy atom. The van der Waals surface area contributed by atoms with Crippen LogP contribution in [0.5, 0.6) is 5.75 Å². The standard InChI is InChI=1S/C38H32N2O5/c1-20-12-13-21(2)30(16-20)39-19-23(18-31(39)41)38(44)45-24-14-15-29(22(3)17-24)40-36(42)34-32-25-8-4-5-9-26(25)33(35(34)37(40)43)28-11-7-6-10-27(28)32/h4-17,23,32-35H,18-19H2,1-3H3/t23-,32?,33?,34-,35+/m1/s1. The quantitative estimate of drug-likeness (QED) is 0.165. The van der Waals surface area contributed by atoms with Crippen LogP contribution >= 0.6 is 0 Å². The first kappa shape index (κ1) is 27.5. The van der Waals surface area contributed by atoms with Crippen molar-refractivity contribution >= 4 is 35.1 Å². The Morgan fingerprint density at radius 3 is 1.82 bits per heavy atom. The minimum atomic E-state index is -0.596. The lowest BCUT2D eigenvalue weighted by Gasteiger charge is -2.45. The number of ether oxygens (including phenoxy) is 1. The summed E-state index contributed by atoms with van der Waals surface area (Å²) >= 11 is 0. The maximum Gasteiger partial charge on any atom is 0.316 e. The molecule has 5 aliphatic rings. The molecule has 45 heavy (non-hydrogen) atoms. The molecule has 0 spiro atoms. The minimum absolute atomic E-state index is 0.0793.